The Morgan fingerprint density at radius 3 is 2.71 bits per heavy atom. The van der Waals surface area contributed by atoms with Crippen molar-refractivity contribution in [3.63, 3.8) is 0 Å². The van der Waals surface area contributed by atoms with Crippen LogP contribution >= 0.6 is 0 Å². The zero-order valence-electron chi connectivity index (χ0n) is 17.6. The van der Waals surface area contributed by atoms with Crippen LogP contribution in [0.15, 0.2) is 18.2 Å². The average molecular weight is 431 g/mol. The highest BCUT2D eigenvalue weighted by Gasteiger charge is 2.46. The quantitative estimate of drug-likeness (QED) is 0.713. The molecule has 1 aliphatic carbocycles. The number of carbonyl (C=O) groups excluding carboxylic acids is 2. The molecule has 1 aromatic rings. The van der Waals surface area contributed by atoms with Crippen molar-refractivity contribution in [2.75, 3.05) is 38.2 Å². The Balaban J connectivity index is 1.28. The zero-order chi connectivity index (χ0) is 21.4. The number of nitrogens with one attached hydrogen (secondary N) is 1. The third-order valence-electron chi connectivity index (χ3n) is 6.72. The molecule has 3 fully saturated rings. The maximum absolute atomic E-state index is 12.7. The largest absolute Gasteiger partial charge is 0.487 e. The highest BCUT2D eigenvalue weighted by molar-refractivity contribution is 5.91. The maximum Gasteiger partial charge on any atom is 0.225 e. The Kier molecular flexibility index (Phi) is 5.86. The van der Waals surface area contributed by atoms with Crippen LogP contribution in [0.1, 0.15) is 43.6 Å². The molecule has 1 aromatic carbocycles. The second-order valence-corrected chi connectivity index (χ2v) is 9.05. The number of aliphatic hydroxyl groups is 1. The predicted octanol–water partition coefficient (Wildman–Crippen LogP) is 1.67. The molecule has 8 heteroatoms. The van der Waals surface area contributed by atoms with Gasteiger partial charge in [-0.2, -0.15) is 0 Å². The van der Waals surface area contributed by atoms with Crippen molar-refractivity contribution in [3.05, 3.63) is 23.8 Å². The second-order valence-electron chi connectivity index (χ2n) is 9.05. The van der Waals surface area contributed by atoms with Gasteiger partial charge in [-0.1, -0.05) is 0 Å². The van der Waals surface area contributed by atoms with Gasteiger partial charge in [-0.3, -0.25) is 9.59 Å². The molecule has 4 atom stereocenters. The van der Waals surface area contributed by atoms with Crippen molar-refractivity contribution < 1.29 is 28.9 Å². The molecule has 2 saturated heterocycles. The number of hydrogen-bond donors (Lipinski definition) is 2. The summed E-state index contributed by atoms with van der Waals surface area (Å²) in [5.74, 6) is 1.42. The fourth-order valence-corrected chi connectivity index (χ4v) is 4.90. The smallest absolute Gasteiger partial charge is 0.225 e. The summed E-state index contributed by atoms with van der Waals surface area (Å²) in [7, 11) is 0. The Morgan fingerprint density at radius 2 is 1.97 bits per heavy atom. The first-order valence-electron chi connectivity index (χ1n) is 11.3. The van der Waals surface area contributed by atoms with Crippen LogP contribution in [0, 0.1) is 5.92 Å². The lowest BCUT2D eigenvalue weighted by molar-refractivity contribution is -0.151. The number of morpholine rings is 1. The van der Waals surface area contributed by atoms with Crippen molar-refractivity contribution in [2.24, 2.45) is 5.92 Å². The van der Waals surface area contributed by atoms with Crippen LogP contribution in [0.2, 0.25) is 0 Å². The van der Waals surface area contributed by atoms with Crippen LogP contribution in [0.5, 0.6) is 5.75 Å². The van der Waals surface area contributed by atoms with Crippen molar-refractivity contribution in [3.8, 4) is 5.75 Å². The predicted molar refractivity (Wildman–Crippen MR) is 112 cm³/mol. The summed E-state index contributed by atoms with van der Waals surface area (Å²) in [4.78, 5) is 26.8. The summed E-state index contributed by atoms with van der Waals surface area (Å²) in [5, 5.41) is 12.9. The molecule has 2 amide bonds. The summed E-state index contributed by atoms with van der Waals surface area (Å²) in [6.45, 7) is 2.19. The fraction of sp³-hybridized carbons (Fsp3) is 0.652. The second kappa shape index (κ2) is 8.76. The van der Waals surface area contributed by atoms with E-state index >= 15 is 0 Å². The molecule has 5 rings (SSSR count). The number of rotatable bonds is 6. The SMILES string of the molecule is O=C(CC1CC1)Nc1ccc2c(c1)[C@H]1C[C@H](CC(=O)N3CCOCC3)O[C@H](CO)[C@H]1O2. The minimum Gasteiger partial charge on any atom is -0.487 e. The van der Waals surface area contributed by atoms with E-state index in [1.54, 1.807) is 0 Å². The third-order valence-corrected chi connectivity index (χ3v) is 6.72. The van der Waals surface area contributed by atoms with Crippen LogP contribution in [0.4, 0.5) is 5.69 Å². The third kappa shape index (κ3) is 4.56. The monoisotopic (exact) mass is 430 g/mol. The number of fused-ring (bicyclic) bond motifs is 3. The van der Waals surface area contributed by atoms with Gasteiger partial charge in [0.1, 0.15) is 18.0 Å². The number of amides is 2. The fourth-order valence-electron chi connectivity index (χ4n) is 4.90. The van der Waals surface area contributed by atoms with E-state index < -0.39 is 6.10 Å². The molecule has 0 radical (unpaired) electrons. The van der Waals surface area contributed by atoms with Gasteiger partial charge in [-0.15, -0.1) is 0 Å². The molecule has 0 spiro atoms. The number of benzene rings is 1. The van der Waals surface area contributed by atoms with Crippen molar-refractivity contribution in [1.82, 2.24) is 4.90 Å². The lowest BCUT2D eigenvalue weighted by Gasteiger charge is -2.38. The molecule has 4 aliphatic rings. The van der Waals surface area contributed by atoms with E-state index in [1.807, 2.05) is 23.1 Å². The number of carbonyl (C=O) groups is 2. The van der Waals surface area contributed by atoms with Gasteiger partial charge >= 0.3 is 0 Å². The molecule has 2 N–H and O–H groups in total. The molecular formula is C23H30N2O6. The molecule has 8 nitrogen and oxygen atoms in total. The van der Waals surface area contributed by atoms with E-state index in [-0.39, 0.29) is 43.0 Å². The van der Waals surface area contributed by atoms with Crippen molar-refractivity contribution in [2.45, 2.75) is 56.3 Å². The lowest BCUT2D eigenvalue weighted by Crippen LogP contribution is -2.48. The topological polar surface area (TPSA) is 97.3 Å². The van der Waals surface area contributed by atoms with Gasteiger partial charge in [0.2, 0.25) is 11.8 Å². The Labute approximate surface area is 181 Å². The number of ether oxygens (including phenoxy) is 3. The molecule has 0 bridgehead atoms. The van der Waals surface area contributed by atoms with Gasteiger partial charge in [0.05, 0.1) is 32.3 Å². The standard InChI is InChI=1S/C23H30N2O6/c26-13-20-23-18(11-16(30-20)12-22(28)25-5-7-29-8-6-25)17-10-15(3-4-19(17)31-23)24-21(27)9-14-1-2-14/h3-4,10,14,16,18,20,23,26H,1-2,5-9,11-13H2,(H,24,27)/t16-,18-,20-,23+/m1/s1. The Hall–Kier alpha value is -2.16. The minimum absolute atomic E-state index is 0.0173. The number of anilines is 1. The first kappa shape index (κ1) is 20.7. The average Bonchev–Trinajstić information content (AvgIpc) is 3.52. The summed E-state index contributed by atoms with van der Waals surface area (Å²) in [6, 6.07) is 5.71. The van der Waals surface area contributed by atoms with E-state index in [4.69, 9.17) is 14.2 Å². The highest BCUT2D eigenvalue weighted by atomic mass is 16.6. The number of hydrogen-bond acceptors (Lipinski definition) is 6. The number of aliphatic hydroxyl groups excluding tert-OH is 1. The zero-order valence-corrected chi connectivity index (χ0v) is 17.6. The molecule has 31 heavy (non-hydrogen) atoms. The van der Waals surface area contributed by atoms with E-state index in [9.17, 15) is 14.7 Å². The van der Waals surface area contributed by atoms with Gasteiger partial charge in [0, 0.05) is 36.7 Å². The highest BCUT2D eigenvalue weighted by Crippen LogP contribution is 2.47. The van der Waals surface area contributed by atoms with E-state index in [0.717, 1.165) is 29.8 Å². The molecule has 3 aliphatic heterocycles. The molecule has 0 unspecified atom stereocenters. The molecule has 168 valence electrons. The molecular weight excluding hydrogens is 400 g/mol. The van der Waals surface area contributed by atoms with Crippen molar-refractivity contribution >= 4 is 17.5 Å². The van der Waals surface area contributed by atoms with Crippen molar-refractivity contribution in [1.29, 1.82) is 0 Å². The summed E-state index contributed by atoms with van der Waals surface area (Å²) in [6.07, 6.45) is 2.73. The minimum atomic E-state index is -0.485. The van der Waals surface area contributed by atoms with Crippen LogP contribution < -0.4 is 10.1 Å². The number of nitrogens with zero attached hydrogens (tertiary/aromatic N) is 1. The molecule has 1 saturated carbocycles. The van der Waals surface area contributed by atoms with Gasteiger partial charge in [0.15, 0.2) is 0 Å². The van der Waals surface area contributed by atoms with Crippen LogP contribution in [0.3, 0.4) is 0 Å². The normalized spacial score (nSPS) is 29.6. The van der Waals surface area contributed by atoms with Crippen LogP contribution in [0.25, 0.3) is 0 Å². The summed E-state index contributed by atoms with van der Waals surface area (Å²) in [5.41, 5.74) is 1.78. The summed E-state index contributed by atoms with van der Waals surface area (Å²) < 4.78 is 17.5. The van der Waals surface area contributed by atoms with Gasteiger partial charge < -0.3 is 29.5 Å². The van der Waals surface area contributed by atoms with E-state index in [0.29, 0.717) is 45.1 Å². The Morgan fingerprint density at radius 1 is 1.16 bits per heavy atom. The van der Waals surface area contributed by atoms with Gasteiger partial charge in [-0.05, 0) is 43.4 Å². The molecule has 3 heterocycles. The van der Waals surface area contributed by atoms with Crippen LogP contribution in [-0.4, -0.2) is 73.0 Å². The van der Waals surface area contributed by atoms with Gasteiger partial charge in [0.25, 0.3) is 0 Å². The molecule has 0 aromatic heterocycles. The summed E-state index contributed by atoms with van der Waals surface area (Å²) >= 11 is 0. The first-order valence-corrected chi connectivity index (χ1v) is 11.3. The van der Waals surface area contributed by atoms with E-state index in [2.05, 4.69) is 5.32 Å². The van der Waals surface area contributed by atoms with Gasteiger partial charge in [-0.25, -0.2) is 0 Å². The van der Waals surface area contributed by atoms with E-state index in [1.165, 1.54) is 0 Å². The first-order chi connectivity index (χ1) is 15.1. The maximum atomic E-state index is 12.7. The Bertz CT molecular complexity index is 835. The lowest BCUT2D eigenvalue weighted by atomic mass is 9.84. The van der Waals surface area contributed by atoms with Crippen LogP contribution in [-0.2, 0) is 19.1 Å².